The maximum Gasteiger partial charge on any atom is 0.490 e. The fraction of sp³-hybridized carbons (Fsp3) is 0.765. The first-order valence-corrected chi connectivity index (χ1v) is 10.4. The molecule has 1 aromatic rings. The summed E-state index contributed by atoms with van der Waals surface area (Å²) in [7, 11) is 0. The van der Waals surface area contributed by atoms with Gasteiger partial charge in [-0.15, -0.1) is 10.2 Å². The van der Waals surface area contributed by atoms with Crippen molar-refractivity contribution in [1.29, 1.82) is 0 Å². The molecule has 13 heteroatoms. The molecule has 4 rings (SSSR count). The van der Waals surface area contributed by atoms with E-state index in [0.29, 0.717) is 25.6 Å². The zero-order chi connectivity index (χ0) is 21.9. The molecule has 30 heavy (non-hydrogen) atoms. The maximum absolute atomic E-state index is 12.4. The number of aryl methyl sites for hydroxylation is 1. The van der Waals surface area contributed by atoms with Crippen LogP contribution in [0, 0.1) is 18.8 Å². The molecule has 0 aliphatic carbocycles. The number of carboxylic acid groups (broad SMARTS) is 1. The molecule has 3 atom stereocenters. The van der Waals surface area contributed by atoms with Gasteiger partial charge in [0, 0.05) is 32.0 Å². The van der Waals surface area contributed by atoms with Gasteiger partial charge in [-0.25, -0.2) is 9.86 Å². The van der Waals surface area contributed by atoms with Crippen LogP contribution in [0.2, 0.25) is 0 Å². The average Bonchev–Trinajstić information content (AvgIpc) is 3.39. The van der Waals surface area contributed by atoms with E-state index in [2.05, 4.69) is 15.1 Å². The molecule has 168 valence electrons. The second-order valence-electron chi connectivity index (χ2n) is 7.35. The van der Waals surface area contributed by atoms with Crippen molar-refractivity contribution < 1.29 is 37.4 Å². The van der Waals surface area contributed by atoms with E-state index < -0.39 is 12.1 Å². The Kier molecular flexibility index (Phi) is 7.14. The third kappa shape index (κ3) is 5.58. The Balaban J connectivity index is 0.000000318. The van der Waals surface area contributed by atoms with Crippen molar-refractivity contribution in [3.63, 3.8) is 0 Å². The summed E-state index contributed by atoms with van der Waals surface area (Å²) in [5.74, 6) is -1.98. The number of hydroxylamine groups is 2. The van der Waals surface area contributed by atoms with Gasteiger partial charge in [-0.1, -0.05) is 11.3 Å². The highest BCUT2D eigenvalue weighted by atomic mass is 32.1. The molecular weight excluding hydrogens is 429 g/mol. The fourth-order valence-electron chi connectivity index (χ4n) is 3.70. The van der Waals surface area contributed by atoms with Gasteiger partial charge in [-0.05, 0) is 25.7 Å². The number of carbonyl (C=O) groups is 2. The van der Waals surface area contributed by atoms with Gasteiger partial charge >= 0.3 is 12.1 Å². The number of alkyl halides is 3. The number of rotatable bonds is 3. The summed E-state index contributed by atoms with van der Waals surface area (Å²) in [6.45, 7) is 5.77. The smallest absolute Gasteiger partial charge is 0.475 e. The van der Waals surface area contributed by atoms with Gasteiger partial charge in [-0.3, -0.25) is 9.63 Å². The lowest BCUT2D eigenvalue weighted by atomic mass is 9.90. The number of amides is 1. The monoisotopic (exact) mass is 452 g/mol. The second-order valence-corrected chi connectivity index (χ2v) is 8.51. The summed E-state index contributed by atoms with van der Waals surface area (Å²) < 4.78 is 37.7. The lowest BCUT2D eigenvalue weighted by Gasteiger charge is -2.27. The van der Waals surface area contributed by atoms with Gasteiger partial charge in [0.15, 0.2) is 0 Å². The molecule has 0 spiro atoms. The Labute approximate surface area is 174 Å². The number of nitrogens with zero attached hydrogens (tertiary/aromatic N) is 4. The third-order valence-electron chi connectivity index (χ3n) is 5.18. The number of aromatic nitrogens is 2. The number of hydrogen-bond donors (Lipinski definition) is 1. The number of anilines is 1. The van der Waals surface area contributed by atoms with Crippen LogP contribution in [0.4, 0.5) is 18.3 Å². The Morgan fingerprint density at radius 3 is 2.57 bits per heavy atom. The molecule has 0 aromatic carbocycles. The molecule has 0 unspecified atom stereocenters. The highest BCUT2D eigenvalue weighted by Crippen LogP contribution is 2.38. The summed E-state index contributed by atoms with van der Waals surface area (Å²) >= 11 is 1.61. The van der Waals surface area contributed by atoms with Crippen LogP contribution < -0.4 is 4.90 Å². The first-order valence-electron chi connectivity index (χ1n) is 9.55. The number of aliphatic carboxylic acids is 1. The highest BCUT2D eigenvalue weighted by molar-refractivity contribution is 7.15. The molecule has 1 aromatic heterocycles. The van der Waals surface area contributed by atoms with Crippen LogP contribution in [0.5, 0.6) is 0 Å². The molecule has 0 bridgehead atoms. The number of hydrogen-bond acceptors (Lipinski definition) is 8. The van der Waals surface area contributed by atoms with Gasteiger partial charge < -0.3 is 14.7 Å². The third-order valence-corrected chi connectivity index (χ3v) is 6.08. The van der Waals surface area contributed by atoms with Gasteiger partial charge in [0.2, 0.25) is 11.0 Å². The van der Waals surface area contributed by atoms with Gasteiger partial charge in [-0.2, -0.15) is 13.2 Å². The number of halogens is 3. The molecule has 4 heterocycles. The van der Waals surface area contributed by atoms with Gasteiger partial charge in [0.1, 0.15) is 5.01 Å². The summed E-state index contributed by atoms with van der Waals surface area (Å²) in [5.41, 5.74) is 0. The van der Waals surface area contributed by atoms with E-state index in [9.17, 15) is 18.0 Å². The van der Waals surface area contributed by atoms with Crippen LogP contribution in [0.3, 0.4) is 0 Å². The van der Waals surface area contributed by atoms with Crippen molar-refractivity contribution >= 4 is 28.3 Å². The minimum absolute atomic E-state index is 0.101. The largest absolute Gasteiger partial charge is 0.490 e. The van der Waals surface area contributed by atoms with Crippen LogP contribution in [-0.4, -0.2) is 77.4 Å². The van der Waals surface area contributed by atoms with Crippen molar-refractivity contribution in [2.45, 2.75) is 38.5 Å². The minimum Gasteiger partial charge on any atom is -0.475 e. The van der Waals surface area contributed by atoms with Crippen LogP contribution in [-0.2, 0) is 19.2 Å². The van der Waals surface area contributed by atoms with Crippen LogP contribution in [0.25, 0.3) is 0 Å². The molecule has 3 fully saturated rings. The molecule has 1 amide bonds. The molecule has 3 aliphatic rings. The predicted molar refractivity (Wildman–Crippen MR) is 98.8 cm³/mol. The van der Waals surface area contributed by atoms with Crippen molar-refractivity contribution in [1.82, 2.24) is 15.3 Å². The summed E-state index contributed by atoms with van der Waals surface area (Å²) in [6, 6.07) is 0. The van der Waals surface area contributed by atoms with E-state index in [4.69, 9.17) is 19.5 Å². The Morgan fingerprint density at radius 2 is 2.00 bits per heavy atom. The Hall–Kier alpha value is -1.99. The van der Waals surface area contributed by atoms with E-state index in [-0.39, 0.29) is 17.9 Å². The van der Waals surface area contributed by atoms with E-state index in [1.807, 2.05) is 6.92 Å². The number of ether oxygens (including phenoxy) is 1. The molecule has 3 aliphatic heterocycles. The zero-order valence-corrected chi connectivity index (χ0v) is 17.1. The number of fused-ring (bicyclic) bond motifs is 1. The van der Waals surface area contributed by atoms with Crippen molar-refractivity contribution in [2.24, 2.45) is 11.8 Å². The van der Waals surface area contributed by atoms with E-state index in [1.165, 1.54) is 0 Å². The first kappa shape index (κ1) is 22.7. The first-order chi connectivity index (χ1) is 14.1. The molecular formula is C17H23F3N4O5S. The Bertz CT molecular complexity index is 756. The second kappa shape index (κ2) is 9.43. The highest BCUT2D eigenvalue weighted by Gasteiger charge is 2.45. The van der Waals surface area contributed by atoms with Crippen LogP contribution >= 0.6 is 11.3 Å². The van der Waals surface area contributed by atoms with Crippen LogP contribution in [0.15, 0.2) is 0 Å². The maximum atomic E-state index is 12.4. The number of carboxylic acids is 1. The molecule has 1 N–H and O–H groups in total. The summed E-state index contributed by atoms with van der Waals surface area (Å²) in [4.78, 5) is 29.0. The van der Waals surface area contributed by atoms with Gasteiger partial charge in [0.25, 0.3) is 0 Å². The normalized spacial score (nSPS) is 26.2. The quantitative estimate of drug-likeness (QED) is 0.741. The van der Waals surface area contributed by atoms with Gasteiger partial charge in [0.05, 0.1) is 19.3 Å². The summed E-state index contributed by atoms with van der Waals surface area (Å²) in [5, 5.41) is 18.9. The van der Waals surface area contributed by atoms with Crippen molar-refractivity contribution in [2.75, 3.05) is 37.7 Å². The van der Waals surface area contributed by atoms with Crippen LogP contribution in [0.1, 0.15) is 24.3 Å². The summed E-state index contributed by atoms with van der Waals surface area (Å²) in [6.07, 6.45) is -2.29. The minimum atomic E-state index is -5.08. The van der Waals surface area contributed by atoms with E-state index in [0.717, 1.165) is 42.6 Å². The lowest BCUT2D eigenvalue weighted by molar-refractivity contribution is -0.198. The van der Waals surface area contributed by atoms with Crippen molar-refractivity contribution in [3.05, 3.63) is 5.01 Å². The average molecular weight is 452 g/mol. The standard InChI is InChI=1S/C15H22N4O3S.C2HF3O2/c1-10-16-17-15(23-10)18-7-12-11(9-21-13(12)8-18)6-14(20)19-4-2-3-5-22-19;3-2(4,5)1(6)7/h11-13H,2-9H2,1H3;(H,6,7)/t11-,12-,13-;/m1./s1. The predicted octanol–water partition coefficient (Wildman–Crippen LogP) is 1.88. The lowest BCUT2D eigenvalue weighted by Crippen LogP contribution is -2.37. The molecule has 0 radical (unpaired) electrons. The van der Waals surface area contributed by atoms with E-state index in [1.54, 1.807) is 16.4 Å². The molecule has 3 saturated heterocycles. The molecule has 0 saturated carbocycles. The number of carbonyl (C=O) groups excluding carboxylic acids is 1. The van der Waals surface area contributed by atoms with E-state index >= 15 is 0 Å². The fourth-order valence-corrected chi connectivity index (χ4v) is 4.40. The molecule has 9 nitrogen and oxygen atoms in total. The topological polar surface area (TPSA) is 105 Å². The zero-order valence-electron chi connectivity index (χ0n) is 16.3. The Morgan fingerprint density at radius 1 is 1.27 bits per heavy atom. The SMILES string of the molecule is Cc1nnc(N2C[C@@H]3[C@H](CC(=O)N4CCCCO4)CO[C@@H]3C2)s1.O=C(O)C(F)(F)F. The van der Waals surface area contributed by atoms with Crippen molar-refractivity contribution in [3.8, 4) is 0 Å².